The second-order valence-corrected chi connectivity index (χ2v) is 4.30. The van der Waals surface area contributed by atoms with Gasteiger partial charge in [0.1, 0.15) is 5.75 Å². The van der Waals surface area contributed by atoms with E-state index >= 15 is 0 Å². The van der Waals surface area contributed by atoms with Crippen molar-refractivity contribution < 1.29 is 19.5 Å². The van der Waals surface area contributed by atoms with Crippen molar-refractivity contribution in [3.63, 3.8) is 0 Å². The van der Waals surface area contributed by atoms with Gasteiger partial charge in [0.15, 0.2) is 0 Å². The van der Waals surface area contributed by atoms with Gasteiger partial charge in [0.2, 0.25) is 5.91 Å². The van der Waals surface area contributed by atoms with Gasteiger partial charge in [-0.15, -0.1) is 0 Å². The van der Waals surface area contributed by atoms with Crippen LogP contribution in [0.1, 0.15) is 12.0 Å². The zero-order chi connectivity index (χ0) is 15.2. The van der Waals surface area contributed by atoms with E-state index in [9.17, 15) is 14.4 Å². The van der Waals surface area contributed by atoms with E-state index in [1.165, 1.54) is 30.5 Å². The van der Waals surface area contributed by atoms with Gasteiger partial charge in [0, 0.05) is 25.1 Å². The van der Waals surface area contributed by atoms with E-state index in [2.05, 4.69) is 10.5 Å². The topological polar surface area (TPSA) is 99.1 Å². The molecule has 7 nitrogen and oxygen atoms in total. The number of amides is 3. The lowest BCUT2D eigenvalue weighted by Crippen LogP contribution is -2.33. The first-order valence-electron chi connectivity index (χ1n) is 6.21. The van der Waals surface area contributed by atoms with Crippen LogP contribution >= 0.6 is 0 Å². The molecule has 0 atom stereocenters. The Balaban J connectivity index is 1.76. The largest absolute Gasteiger partial charge is 0.508 e. The summed E-state index contributed by atoms with van der Waals surface area (Å²) in [6.45, 7) is 0.0191. The van der Waals surface area contributed by atoms with Crippen molar-refractivity contribution in [1.82, 2.24) is 10.3 Å². The van der Waals surface area contributed by atoms with Crippen LogP contribution in [0, 0.1) is 0 Å². The third-order valence-corrected chi connectivity index (χ3v) is 2.76. The van der Waals surface area contributed by atoms with Crippen LogP contribution in [-0.4, -0.2) is 40.5 Å². The number of carbonyl (C=O) groups excluding carboxylic acids is 3. The first kappa shape index (κ1) is 14.4. The summed E-state index contributed by atoms with van der Waals surface area (Å²) in [6, 6.07) is 6.28. The SMILES string of the molecule is O=C(CCN1C(=O)C=CC1=O)N/N=C/c1ccc(O)cc1. The van der Waals surface area contributed by atoms with Crippen LogP contribution in [0.25, 0.3) is 0 Å². The molecule has 1 aromatic rings. The Morgan fingerprint density at radius 3 is 2.43 bits per heavy atom. The first-order valence-corrected chi connectivity index (χ1v) is 6.21. The molecule has 0 radical (unpaired) electrons. The van der Waals surface area contributed by atoms with Gasteiger partial charge in [-0.25, -0.2) is 5.43 Å². The fourth-order valence-corrected chi connectivity index (χ4v) is 1.66. The maximum atomic E-state index is 11.5. The molecule has 3 amide bonds. The van der Waals surface area contributed by atoms with E-state index in [1.54, 1.807) is 12.1 Å². The molecule has 2 rings (SSSR count). The number of phenolic OH excluding ortho intramolecular Hbond substituents is 1. The molecule has 1 aliphatic rings. The van der Waals surface area contributed by atoms with E-state index in [-0.39, 0.29) is 18.7 Å². The van der Waals surface area contributed by atoms with Crippen molar-refractivity contribution >= 4 is 23.9 Å². The highest BCUT2D eigenvalue weighted by molar-refractivity contribution is 6.13. The van der Waals surface area contributed by atoms with E-state index < -0.39 is 17.7 Å². The molecule has 0 bridgehead atoms. The fraction of sp³-hybridized carbons (Fsp3) is 0.143. The average Bonchev–Trinajstić information content (AvgIpc) is 2.78. The molecule has 108 valence electrons. The first-order chi connectivity index (χ1) is 10.1. The van der Waals surface area contributed by atoms with Crippen LogP contribution in [0.15, 0.2) is 41.5 Å². The number of rotatable bonds is 5. The number of carbonyl (C=O) groups is 3. The van der Waals surface area contributed by atoms with Crippen LogP contribution in [0.2, 0.25) is 0 Å². The second-order valence-electron chi connectivity index (χ2n) is 4.30. The second kappa shape index (κ2) is 6.47. The van der Waals surface area contributed by atoms with Crippen molar-refractivity contribution in [3.05, 3.63) is 42.0 Å². The minimum Gasteiger partial charge on any atom is -0.508 e. The van der Waals surface area contributed by atoms with Crippen molar-refractivity contribution in [2.45, 2.75) is 6.42 Å². The van der Waals surface area contributed by atoms with Gasteiger partial charge in [-0.05, 0) is 29.8 Å². The van der Waals surface area contributed by atoms with Crippen LogP contribution in [-0.2, 0) is 14.4 Å². The summed E-state index contributed by atoms with van der Waals surface area (Å²) in [5.41, 5.74) is 3.01. The molecule has 0 aromatic heterocycles. The fourth-order valence-electron chi connectivity index (χ4n) is 1.66. The zero-order valence-electron chi connectivity index (χ0n) is 11.0. The molecule has 0 spiro atoms. The Labute approximate surface area is 120 Å². The summed E-state index contributed by atoms with van der Waals surface area (Å²) < 4.78 is 0. The number of hydrogen-bond donors (Lipinski definition) is 2. The van der Waals surface area contributed by atoms with Gasteiger partial charge >= 0.3 is 0 Å². The molecular formula is C14H13N3O4. The van der Waals surface area contributed by atoms with Crippen LogP contribution < -0.4 is 5.43 Å². The molecule has 2 N–H and O–H groups in total. The van der Waals surface area contributed by atoms with Crippen LogP contribution in [0.5, 0.6) is 5.75 Å². The van der Waals surface area contributed by atoms with E-state index in [0.717, 1.165) is 4.90 Å². The predicted octanol–water partition coefficient (Wildman–Crippen LogP) is 0.157. The maximum absolute atomic E-state index is 11.5. The number of hydrogen-bond acceptors (Lipinski definition) is 5. The number of aromatic hydroxyl groups is 1. The molecule has 0 unspecified atom stereocenters. The third kappa shape index (κ3) is 4.00. The highest BCUT2D eigenvalue weighted by atomic mass is 16.3. The summed E-state index contributed by atoms with van der Waals surface area (Å²) in [5, 5.41) is 12.9. The van der Waals surface area contributed by atoms with Crippen molar-refractivity contribution in [2.75, 3.05) is 6.54 Å². The lowest BCUT2D eigenvalue weighted by molar-refractivity contribution is -0.137. The van der Waals surface area contributed by atoms with Gasteiger partial charge in [-0.2, -0.15) is 5.10 Å². The summed E-state index contributed by atoms with van der Waals surface area (Å²) in [4.78, 5) is 35.0. The molecule has 1 aliphatic heterocycles. The minimum atomic E-state index is -0.416. The molecule has 0 aliphatic carbocycles. The Kier molecular flexibility index (Phi) is 4.45. The van der Waals surface area contributed by atoms with E-state index in [1.807, 2.05) is 0 Å². The average molecular weight is 287 g/mol. The lowest BCUT2D eigenvalue weighted by Gasteiger charge is -2.12. The van der Waals surface area contributed by atoms with Crippen molar-refractivity contribution in [3.8, 4) is 5.75 Å². The summed E-state index contributed by atoms with van der Waals surface area (Å²) in [6.07, 6.45) is 3.74. The summed E-state index contributed by atoms with van der Waals surface area (Å²) in [5.74, 6) is -1.09. The zero-order valence-corrected chi connectivity index (χ0v) is 11.0. The number of imide groups is 1. The van der Waals surface area contributed by atoms with Crippen molar-refractivity contribution in [1.29, 1.82) is 0 Å². The Morgan fingerprint density at radius 2 is 1.81 bits per heavy atom. The number of hydrazone groups is 1. The smallest absolute Gasteiger partial charge is 0.253 e. The normalized spacial score (nSPS) is 14.2. The number of nitrogens with zero attached hydrogens (tertiary/aromatic N) is 2. The highest BCUT2D eigenvalue weighted by Crippen LogP contribution is 2.07. The van der Waals surface area contributed by atoms with Crippen LogP contribution in [0.3, 0.4) is 0 Å². The highest BCUT2D eigenvalue weighted by Gasteiger charge is 2.23. The Bertz CT molecular complexity index is 602. The van der Waals surface area contributed by atoms with Crippen molar-refractivity contribution in [2.24, 2.45) is 5.10 Å². The number of nitrogens with one attached hydrogen (secondary N) is 1. The molecule has 0 saturated heterocycles. The molecule has 1 heterocycles. The number of phenols is 1. The summed E-state index contributed by atoms with van der Waals surface area (Å²) >= 11 is 0. The maximum Gasteiger partial charge on any atom is 0.253 e. The molecule has 0 fully saturated rings. The van der Waals surface area contributed by atoms with Crippen LogP contribution in [0.4, 0.5) is 0 Å². The number of benzene rings is 1. The molecule has 1 aromatic carbocycles. The van der Waals surface area contributed by atoms with Gasteiger partial charge in [0.05, 0.1) is 6.21 Å². The molecule has 21 heavy (non-hydrogen) atoms. The van der Waals surface area contributed by atoms with Gasteiger partial charge in [0.25, 0.3) is 11.8 Å². The summed E-state index contributed by atoms with van der Waals surface area (Å²) in [7, 11) is 0. The van der Waals surface area contributed by atoms with E-state index in [4.69, 9.17) is 5.11 Å². The Morgan fingerprint density at radius 1 is 1.19 bits per heavy atom. The molecule has 0 saturated carbocycles. The molecular weight excluding hydrogens is 274 g/mol. The quantitative estimate of drug-likeness (QED) is 0.457. The monoisotopic (exact) mass is 287 g/mol. The minimum absolute atomic E-state index is 0.0191. The van der Waals surface area contributed by atoms with Gasteiger partial charge < -0.3 is 5.11 Å². The lowest BCUT2D eigenvalue weighted by atomic mass is 10.2. The third-order valence-electron chi connectivity index (χ3n) is 2.76. The van der Waals surface area contributed by atoms with E-state index in [0.29, 0.717) is 5.56 Å². The molecule has 7 heteroatoms. The Hall–Kier alpha value is -2.96. The predicted molar refractivity (Wildman–Crippen MR) is 74.3 cm³/mol. The standard InChI is InChI=1S/C14H13N3O4/c18-11-3-1-10(2-4-11)9-15-16-12(19)7-8-17-13(20)5-6-14(17)21/h1-6,9,18H,7-8H2,(H,16,19)/b15-9+. The van der Waals surface area contributed by atoms with Gasteiger partial charge in [-0.3, -0.25) is 19.3 Å². The van der Waals surface area contributed by atoms with Gasteiger partial charge in [-0.1, -0.05) is 0 Å².